The number of fused-ring (bicyclic) bond motifs is 2. The molecule has 6 rings (SSSR count). The third kappa shape index (κ3) is 4.40. The summed E-state index contributed by atoms with van der Waals surface area (Å²) < 4.78 is 30.5. The molecular formula is C27H36F2N8O. The minimum absolute atomic E-state index is 0.0182. The number of hydrazone groups is 1. The number of amidine groups is 1. The maximum absolute atomic E-state index is 14.4. The van der Waals surface area contributed by atoms with Crippen LogP contribution in [-0.4, -0.2) is 83.4 Å². The number of anilines is 1. The average Bonchev–Trinajstić information content (AvgIpc) is 3.55. The molecule has 2 fully saturated rings. The molecule has 1 aromatic carbocycles. The lowest BCUT2D eigenvalue weighted by Crippen LogP contribution is -2.55. The summed E-state index contributed by atoms with van der Waals surface area (Å²) in [6.45, 7) is 3.92. The highest BCUT2D eigenvalue weighted by Gasteiger charge is 2.47. The summed E-state index contributed by atoms with van der Waals surface area (Å²) in [5.74, 6) is 0.951. The molecule has 38 heavy (non-hydrogen) atoms. The fraction of sp³-hybridized carbons (Fsp3) is 0.593. The van der Waals surface area contributed by atoms with Crippen molar-refractivity contribution in [1.29, 1.82) is 0 Å². The standard InChI is InChI=1S/C27H36F2N8O/c1-30-27(38)35-11-7-23-22(16-35)26(33-37(23)19-5-8-31-9-6-19)36-10-3-4-17-12-20(18-14-32-34(2)15-18)21(25(28)29)13-24(17)36/h12-15,19,22-23,25,31H,3-11,16H2,1-2H3,(H,30,38). The van der Waals surface area contributed by atoms with E-state index >= 15 is 0 Å². The maximum atomic E-state index is 14.4. The Morgan fingerprint density at radius 1 is 1.18 bits per heavy atom. The lowest BCUT2D eigenvalue weighted by Gasteiger charge is -2.42. The lowest BCUT2D eigenvalue weighted by atomic mass is 9.88. The molecule has 0 saturated carbocycles. The maximum Gasteiger partial charge on any atom is 0.317 e. The van der Waals surface area contributed by atoms with Gasteiger partial charge in [0.2, 0.25) is 0 Å². The minimum Gasteiger partial charge on any atom is -0.341 e. The predicted molar refractivity (Wildman–Crippen MR) is 142 cm³/mol. The Balaban J connectivity index is 1.40. The number of halogens is 2. The zero-order valence-electron chi connectivity index (χ0n) is 22.0. The van der Waals surface area contributed by atoms with Crippen molar-refractivity contribution in [3.8, 4) is 11.1 Å². The van der Waals surface area contributed by atoms with Crippen molar-refractivity contribution in [3.63, 3.8) is 0 Å². The second kappa shape index (κ2) is 10.2. The largest absolute Gasteiger partial charge is 0.341 e. The molecule has 11 heteroatoms. The van der Waals surface area contributed by atoms with Gasteiger partial charge in [-0.2, -0.15) is 10.2 Å². The number of nitrogens with one attached hydrogen (secondary N) is 2. The summed E-state index contributed by atoms with van der Waals surface area (Å²) in [7, 11) is 3.45. The first-order chi connectivity index (χ1) is 18.4. The van der Waals surface area contributed by atoms with E-state index in [-0.39, 0.29) is 23.6 Å². The third-order valence-corrected chi connectivity index (χ3v) is 8.55. The van der Waals surface area contributed by atoms with E-state index in [1.54, 1.807) is 37.2 Å². The number of likely N-dealkylation sites (tertiary alicyclic amines) is 1. The van der Waals surface area contributed by atoms with Gasteiger partial charge in [0.05, 0.1) is 18.2 Å². The number of piperidine rings is 2. The van der Waals surface area contributed by atoms with E-state index in [4.69, 9.17) is 5.10 Å². The highest BCUT2D eigenvalue weighted by Crippen LogP contribution is 2.42. The third-order valence-electron chi connectivity index (χ3n) is 8.55. The number of carbonyl (C=O) groups is 1. The monoisotopic (exact) mass is 526 g/mol. The normalized spacial score (nSPS) is 23.9. The SMILES string of the molecule is CNC(=O)N1CCC2C(C1)C(N1CCCc3cc(-c4cnn(C)c4)c(C(F)F)cc31)=NN2C1CCNCC1. The Bertz CT molecular complexity index is 1220. The van der Waals surface area contributed by atoms with Crippen molar-refractivity contribution in [2.24, 2.45) is 18.1 Å². The van der Waals surface area contributed by atoms with Gasteiger partial charge in [-0.1, -0.05) is 0 Å². The first-order valence-electron chi connectivity index (χ1n) is 13.7. The number of hydrogen-bond acceptors (Lipinski definition) is 6. The average molecular weight is 527 g/mol. The molecular weight excluding hydrogens is 490 g/mol. The molecule has 0 aliphatic carbocycles. The van der Waals surface area contributed by atoms with Gasteiger partial charge in [-0.25, -0.2) is 13.6 Å². The summed E-state index contributed by atoms with van der Waals surface area (Å²) in [4.78, 5) is 16.6. The smallest absolute Gasteiger partial charge is 0.317 e. The molecule has 2 amide bonds. The highest BCUT2D eigenvalue weighted by molar-refractivity contribution is 6.02. The molecule has 9 nitrogen and oxygen atoms in total. The van der Waals surface area contributed by atoms with Crippen LogP contribution in [0.2, 0.25) is 0 Å². The molecule has 4 aliphatic rings. The molecule has 0 bridgehead atoms. The van der Waals surface area contributed by atoms with Crippen molar-refractivity contribution >= 4 is 17.6 Å². The zero-order valence-corrected chi connectivity index (χ0v) is 22.0. The Labute approximate surface area is 221 Å². The van der Waals surface area contributed by atoms with Gasteiger partial charge < -0.3 is 20.4 Å². The van der Waals surface area contributed by atoms with Crippen LogP contribution in [0.3, 0.4) is 0 Å². The number of urea groups is 1. The van der Waals surface area contributed by atoms with E-state index in [9.17, 15) is 13.6 Å². The van der Waals surface area contributed by atoms with E-state index in [1.807, 2.05) is 11.0 Å². The minimum atomic E-state index is -2.61. The molecule has 2 atom stereocenters. The van der Waals surface area contributed by atoms with E-state index in [0.29, 0.717) is 30.3 Å². The summed E-state index contributed by atoms with van der Waals surface area (Å²) in [6.07, 6.45) is 5.46. The number of aryl methyl sites for hydroxylation is 2. The number of nitrogens with zero attached hydrogens (tertiary/aromatic N) is 6. The van der Waals surface area contributed by atoms with Crippen molar-refractivity contribution in [3.05, 3.63) is 35.7 Å². The van der Waals surface area contributed by atoms with Crippen molar-refractivity contribution in [2.75, 3.05) is 44.7 Å². The van der Waals surface area contributed by atoms with Crippen molar-refractivity contribution < 1.29 is 13.6 Å². The number of alkyl halides is 2. The predicted octanol–water partition coefficient (Wildman–Crippen LogP) is 3.19. The van der Waals surface area contributed by atoms with Crippen LogP contribution in [0.15, 0.2) is 29.6 Å². The van der Waals surface area contributed by atoms with Crippen LogP contribution in [0.4, 0.5) is 19.3 Å². The molecule has 4 aliphatic heterocycles. The van der Waals surface area contributed by atoms with Gasteiger partial charge in [-0.15, -0.1) is 0 Å². The number of amides is 2. The van der Waals surface area contributed by atoms with Crippen LogP contribution >= 0.6 is 0 Å². The number of aromatic nitrogens is 2. The number of hydrogen-bond donors (Lipinski definition) is 2. The first-order valence-corrected chi connectivity index (χ1v) is 13.7. The Morgan fingerprint density at radius 3 is 2.71 bits per heavy atom. The number of benzene rings is 1. The van der Waals surface area contributed by atoms with Crippen LogP contribution in [0, 0.1) is 5.92 Å². The van der Waals surface area contributed by atoms with Gasteiger partial charge in [-0.05, 0) is 68.5 Å². The number of rotatable bonds is 3. The van der Waals surface area contributed by atoms with Crippen LogP contribution in [0.1, 0.15) is 43.2 Å². The second-order valence-electron chi connectivity index (χ2n) is 10.8. The van der Waals surface area contributed by atoms with E-state index in [0.717, 1.165) is 68.8 Å². The Kier molecular flexibility index (Phi) is 6.71. The highest BCUT2D eigenvalue weighted by atomic mass is 19.3. The molecule has 2 saturated heterocycles. The van der Waals surface area contributed by atoms with Crippen LogP contribution in [0.5, 0.6) is 0 Å². The zero-order chi connectivity index (χ0) is 26.4. The topological polar surface area (TPSA) is 81.0 Å². The molecule has 2 unspecified atom stereocenters. The fourth-order valence-corrected chi connectivity index (χ4v) is 6.67. The van der Waals surface area contributed by atoms with Crippen LogP contribution in [0.25, 0.3) is 11.1 Å². The van der Waals surface area contributed by atoms with E-state index in [2.05, 4.69) is 25.6 Å². The molecule has 2 aromatic rings. The van der Waals surface area contributed by atoms with E-state index < -0.39 is 6.43 Å². The summed E-state index contributed by atoms with van der Waals surface area (Å²) in [5.41, 5.74) is 3.13. The van der Waals surface area contributed by atoms with Crippen LogP contribution < -0.4 is 15.5 Å². The Hall–Kier alpha value is -3.21. The molecule has 5 heterocycles. The lowest BCUT2D eigenvalue weighted by molar-refractivity contribution is 0.0716. The summed E-state index contributed by atoms with van der Waals surface area (Å²) in [6, 6.07) is 4.08. The van der Waals surface area contributed by atoms with Crippen molar-refractivity contribution in [1.82, 2.24) is 30.3 Å². The number of carbonyl (C=O) groups excluding carboxylic acids is 1. The molecule has 0 radical (unpaired) electrons. The quantitative estimate of drug-likeness (QED) is 0.642. The van der Waals surface area contributed by atoms with Gasteiger partial charge in [0, 0.05) is 62.8 Å². The van der Waals surface area contributed by atoms with Gasteiger partial charge in [0.1, 0.15) is 5.84 Å². The fourth-order valence-electron chi connectivity index (χ4n) is 6.67. The van der Waals surface area contributed by atoms with Gasteiger partial charge in [0.15, 0.2) is 0 Å². The van der Waals surface area contributed by atoms with E-state index in [1.165, 1.54) is 0 Å². The summed E-state index contributed by atoms with van der Waals surface area (Å²) >= 11 is 0. The Morgan fingerprint density at radius 2 is 2.00 bits per heavy atom. The molecule has 204 valence electrons. The van der Waals surface area contributed by atoms with Crippen molar-refractivity contribution in [2.45, 2.75) is 50.6 Å². The first kappa shape index (κ1) is 25.1. The van der Waals surface area contributed by atoms with Gasteiger partial charge in [0.25, 0.3) is 6.43 Å². The molecule has 1 aromatic heterocycles. The van der Waals surface area contributed by atoms with Gasteiger partial charge in [-0.3, -0.25) is 9.69 Å². The second-order valence-corrected chi connectivity index (χ2v) is 10.8. The molecule has 2 N–H and O–H groups in total. The van der Waals surface area contributed by atoms with Gasteiger partial charge >= 0.3 is 6.03 Å². The van der Waals surface area contributed by atoms with Crippen LogP contribution in [-0.2, 0) is 13.5 Å². The summed E-state index contributed by atoms with van der Waals surface area (Å²) in [5, 5.41) is 18.0. The molecule has 0 spiro atoms.